The lowest BCUT2D eigenvalue weighted by Crippen LogP contribution is -2.29. The first-order valence-corrected chi connectivity index (χ1v) is 4.87. The van der Waals surface area contributed by atoms with Gasteiger partial charge >= 0.3 is 12.1 Å². The summed E-state index contributed by atoms with van der Waals surface area (Å²) in [6.45, 7) is 0. The third-order valence-electron chi connectivity index (χ3n) is 2.99. The second-order valence-corrected chi connectivity index (χ2v) is 4.11. The van der Waals surface area contributed by atoms with Crippen molar-refractivity contribution in [3.8, 4) is 0 Å². The molecule has 0 unspecified atom stereocenters. The van der Waals surface area contributed by atoms with E-state index in [1.54, 1.807) is 0 Å². The number of halogens is 4. The molecule has 0 bridgehead atoms. The minimum absolute atomic E-state index is 0.126. The molecule has 0 spiro atoms. The van der Waals surface area contributed by atoms with Crippen molar-refractivity contribution in [3.63, 3.8) is 0 Å². The van der Waals surface area contributed by atoms with Gasteiger partial charge in [0.25, 0.3) is 0 Å². The van der Waals surface area contributed by atoms with Crippen molar-refractivity contribution in [2.24, 2.45) is 0 Å². The molecule has 1 aromatic carbocycles. The molecule has 1 aliphatic carbocycles. The van der Waals surface area contributed by atoms with Crippen molar-refractivity contribution in [3.05, 3.63) is 35.1 Å². The van der Waals surface area contributed by atoms with Crippen LogP contribution in [-0.4, -0.2) is 17.3 Å². The fourth-order valence-corrected chi connectivity index (χ4v) is 1.85. The maximum absolute atomic E-state index is 13.1. The summed E-state index contributed by atoms with van der Waals surface area (Å²) < 4.78 is 51.4. The minimum atomic E-state index is -4.48. The molecule has 1 aliphatic rings. The summed E-state index contributed by atoms with van der Waals surface area (Å²) in [4.78, 5) is 10.7. The quantitative estimate of drug-likeness (QED) is 0.816. The fourth-order valence-electron chi connectivity index (χ4n) is 1.85. The summed E-state index contributed by atoms with van der Waals surface area (Å²) in [5.41, 5.74) is -2.82. The van der Waals surface area contributed by atoms with E-state index in [2.05, 4.69) is 0 Å². The summed E-state index contributed by atoms with van der Waals surface area (Å²) in [6, 6.07) is 2.36. The molecule has 1 N–H and O–H groups in total. The zero-order valence-corrected chi connectivity index (χ0v) is 8.51. The zero-order valence-electron chi connectivity index (χ0n) is 8.51. The molecule has 1 saturated carbocycles. The highest BCUT2D eigenvalue weighted by Gasteiger charge is 2.64. The van der Waals surface area contributed by atoms with E-state index in [1.165, 1.54) is 0 Å². The van der Waals surface area contributed by atoms with Crippen molar-refractivity contribution in [2.45, 2.75) is 24.4 Å². The summed E-state index contributed by atoms with van der Waals surface area (Å²) in [7, 11) is 0. The summed E-state index contributed by atoms with van der Waals surface area (Å²) in [5.74, 6) is -2.40. The van der Waals surface area contributed by atoms with Crippen molar-refractivity contribution in [1.82, 2.24) is 0 Å². The van der Waals surface area contributed by atoms with Crippen LogP contribution < -0.4 is 0 Å². The lowest BCUT2D eigenvalue weighted by Gasteiger charge is -2.20. The molecule has 0 aromatic heterocycles. The topological polar surface area (TPSA) is 37.3 Å². The van der Waals surface area contributed by atoms with Crippen LogP contribution in [0.3, 0.4) is 0 Å². The van der Waals surface area contributed by atoms with Crippen LogP contribution in [-0.2, 0) is 5.41 Å². The van der Waals surface area contributed by atoms with Gasteiger partial charge in [-0.25, -0.2) is 9.18 Å². The first-order valence-electron chi connectivity index (χ1n) is 4.87. The Hall–Kier alpha value is -1.59. The molecule has 0 radical (unpaired) electrons. The van der Waals surface area contributed by atoms with Gasteiger partial charge < -0.3 is 5.11 Å². The van der Waals surface area contributed by atoms with Gasteiger partial charge in [-0.15, -0.1) is 0 Å². The first-order chi connectivity index (χ1) is 7.76. The van der Waals surface area contributed by atoms with Crippen LogP contribution in [0.4, 0.5) is 17.6 Å². The van der Waals surface area contributed by atoms with Gasteiger partial charge in [-0.1, -0.05) is 0 Å². The van der Waals surface area contributed by atoms with Crippen LogP contribution in [0.2, 0.25) is 0 Å². The molecule has 17 heavy (non-hydrogen) atoms. The Morgan fingerprint density at radius 3 is 2.24 bits per heavy atom. The van der Waals surface area contributed by atoms with Crippen molar-refractivity contribution >= 4 is 5.97 Å². The number of aromatic carboxylic acids is 1. The van der Waals surface area contributed by atoms with Crippen LogP contribution in [0.1, 0.15) is 28.8 Å². The van der Waals surface area contributed by atoms with Crippen molar-refractivity contribution < 1.29 is 27.5 Å². The monoisotopic (exact) mass is 248 g/mol. The standard InChI is InChI=1S/C11H8F4O2/c12-8-4-6(9(16)17)3-7(5-8)10(1-2-10)11(13,14)15/h3-5H,1-2H2,(H,16,17). The maximum Gasteiger partial charge on any atom is 0.398 e. The molecule has 2 rings (SSSR count). The fraction of sp³-hybridized carbons (Fsp3) is 0.364. The van der Waals surface area contributed by atoms with Crippen molar-refractivity contribution in [1.29, 1.82) is 0 Å². The SMILES string of the molecule is O=C(O)c1cc(F)cc(C2(C(F)(F)F)CC2)c1. The summed E-state index contributed by atoms with van der Waals surface area (Å²) in [5, 5.41) is 8.67. The predicted octanol–water partition coefficient (Wildman–Crippen LogP) is 3.12. The second kappa shape index (κ2) is 3.45. The molecule has 92 valence electrons. The molecule has 0 saturated heterocycles. The third kappa shape index (κ3) is 1.87. The molecule has 2 nitrogen and oxygen atoms in total. The van der Waals surface area contributed by atoms with Crippen LogP contribution >= 0.6 is 0 Å². The molecular formula is C11H8F4O2. The highest BCUT2D eigenvalue weighted by Crippen LogP contribution is 2.59. The Morgan fingerprint density at radius 1 is 1.24 bits per heavy atom. The highest BCUT2D eigenvalue weighted by atomic mass is 19.4. The van der Waals surface area contributed by atoms with E-state index in [1.807, 2.05) is 0 Å². The van der Waals surface area contributed by atoms with Crippen molar-refractivity contribution in [2.75, 3.05) is 0 Å². The van der Waals surface area contributed by atoms with E-state index in [-0.39, 0.29) is 18.4 Å². The number of hydrogen-bond donors (Lipinski definition) is 1. The first kappa shape index (κ1) is 11.9. The number of carboxylic acid groups (broad SMARTS) is 1. The van der Waals surface area contributed by atoms with Gasteiger partial charge in [0.1, 0.15) is 5.82 Å². The number of alkyl halides is 3. The lowest BCUT2D eigenvalue weighted by atomic mass is 9.93. The number of carboxylic acids is 1. The Balaban J connectivity index is 2.50. The lowest BCUT2D eigenvalue weighted by molar-refractivity contribution is -0.160. The van der Waals surface area contributed by atoms with Gasteiger partial charge in [0.05, 0.1) is 11.0 Å². The van der Waals surface area contributed by atoms with Gasteiger partial charge in [0, 0.05) is 0 Å². The molecule has 0 heterocycles. The molecule has 0 atom stereocenters. The number of carbonyl (C=O) groups is 1. The van der Waals surface area contributed by atoms with E-state index in [0.29, 0.717) is 6.07 Å². The molecule has 1 aromatic rings. The second-order valence-electron chi connectivity index (χ2n) is 4.11. The maximum atomic E-state index is 13.1. The summed E-state index contributed by atoms with van der Waals surface area (Å²) in [6.07, 6.45) is -4.73. The van der Waals surface area contributed by atoms with Gasteiger partial charge in [0.15, 0.2) is 0 Å². The molecular weight excluding hydrogens is 240 g/mol. The van der Waals surface area contributed by atoms with E-state index >= 15 is 0 Å². The highest BCUT2D eigenvalue weighted by molar-refractivity contribution is 5.87. The Kier molecular flexibility index (Phi) is 2.41. The Morgan fingerprint density at radius 2 is 1.82 bits per heavy atom. The zero-order chi connectivity index (χ0) is 12.8. The largest absolute Gasteiger partial charge is 0.478 e. The van der Waals surface area contributed by atoms with Gasteiger partial charge in [0.2, 0.25) is 0 Å². The van der Waals surface area contributed by atoms with E-state index in [9.17, 15) is 22.4 Å². The van der Waals surface area contributed by atoms with Gasteiger partial charge in [-0.05, 0) is 36.6 Å². The van der Waals surface area contributed by atoms with E-state index < -0.39 is 28.9 Å². The van der Waals surface area contributed by atoms with E-state index in [4.69, 9.17) is 5.11 Å². The van der Waals surface area contributed by atoms with E-state index in [0.717, 1.165) is 12.1 Å². The molecule has 6 heteroatoms. The van der Waals surface area contributed by atoms with Gasteiger partial charge in [-0.2, -0.15) is 13.2 Å². The summed E-state index contributed by atoms with van der Waals surface area (Å²) >= 11 is 0. The minimum Gasteiger partial charge on any atom is -0.478 e. The number of benzene rings is 1. The van der Waals surface area contributed by atoms with Crippen LogP contribution in [0.5, 0.6) is 0 Å². The van der Waals surface area contributed by atoms with Crippen LogP contribution in [0.25, 0.3) is 0 Å². The molecule has 1 fully saturated rings. The average molecular weight is 248 g/mol. The number of hydrogen-bond acceptors (Lipinski definition) is 1. The van der Waals surface area contributed by atoms with Gasteiger partial charge in [-0.3, -0.25) is 0 Å². The molecule has 0 amide bonds. The Labute approximate surface area is 93.9 Å². The van der Waals surface area contributed by atoms with Crippen LogP contribution in [0.15, 0.2) is 18.2 Å². The molecule has 0 aliphatic heterocycles. The Bertz CT molecular complexity index is 475. The van der Waals surface area contributed by atoms with Crippen LogP contribution in [0, 0.1) is 5.82 Å². The smallest absolute Gasteiger partial charge is 0.398 e. The third-order valence-corrected chi connectivity index (χ3v) is 2.99. The predicted molar refractivity (Wildman–Crippen MR) is 50.3 cm³/mol. The average Bonchev–Trinajstić information content (AvgIpc) is 2.95. The number of rotatable bonds is 2. The normalized spacial score (nSPS) is 17.9.